The first-order valence-corrected chi connectivity index (χ1v) is 8.78. The number of hydrogen-bond acceptors (Lipinski definition) is 8. The van der Waals surface area contributed by atoms with Gasteiger partial charge in [-0.1, -0.05) is 6.07 Å². The number of aliphatic hydroxyl groups is 3. The minimum atomic E-state index is -1.27. The summed E-state index contributed by atoms with van der Waals surface area (Å²) >= 11 is 0. The first-order valence-electron chi connectivity index (χ1n) is 8.78. The molecule has 2 rings (SSSR count). The highest BCUT2D eigenvalue weighted by Gasteiger charge is 2.26. The molecule has 154 valence electrons. The third-order valence-corrected chi connectivity index (χ3v) is 4.29. The number of methoxy groups -OCH3 is 2. The van der Waals surface area contributed by atoms with Crippen LogP contribution in [0.1, 0.15) is 23.7 Å². The van der Waals surface area contributed by atoms with Gasteiger partial charge in [-0.05, 0) is 48.2 Å². The summed E-state index contributed by atoms with van der Waals surface area (Å²) < 4.78 is 16.0. The lowest BCUT2D eigenvalue weighted by Crippen LogP contribution is -2.29. The van der Waals surface area contributed by atoms with Crippen molar-refractivity contribution in [2.75, 3.05) is 27.4 Å². The van der Waals surface area contributed by atoms with Crippen LogP contribution in [-0.4, -0.2) is 59.1 Å². The lowest BCUT2D eigenvalue weighted by Gasteiger charge is -2.25. The maximum Gasteiger partial charge on any atom is 0.203 e. The van der Waals surface area contributed by atoms with E-state index in [9.17, 15) is 20.4 Å². The molecule has 0 spiro atoms. The molecule has 0 aliphatic heterocycles. The number of aliphatic hydroxyl groups excluding tert-OH is 3. The first-order chi connectivity index (χ1) is 13.4. The van der Waals surface area contributed by atoms with E-state index in [1.54, 1.807) is 6.07 Å². The Hall–Kier alpha value is -2.68. The molecule has 2 aromatic rings. The molecule has 2 aromatic carbocycles. The molecule has 0 saturated carbocycles. The Morgan fingerprint density at radius 3 is 2.25 bits per heavy atom. The zero-order valence-electron chi connectivity index (χ0n) is 15.8. The van der Waals surface area contributed by atoms with Crippen molar-refractivity contribution in [2.24, 2.45) is 0 Å². The molecular formula is C20H26O8. The fourth-order valence-corrected chi connectivity index (χ4v) is 2.79. The fourth-order valence-electron chi connectivity index (χ4n) is 2.79. The Morgan fingerprint density at radius 2 is 1.64 bits per heavy atom. The summed E-state index contributed by atoms with van der Waals surface area (Å²) in [4.78, 5) is 0. The Bertz CT molecular complexity index is 777. The van der Waals surface area contributed by atoms with E-state index >= 15 is 0 Å². The second kappa shape index (κ2) is 10.0. The van der Waals surface area contributed by atoms with E-state index < -0.39 is 18.8 Å². The highest BCUT2D eigenvalue weighted by atomic mass is 16.5. The van der Waals surface area contributed by atoms with Gasteiger partial charge in [0.2, 0.25) is 5.75 Å². The van der Waals surface area contributed by atoms with Crippen molar-refractivity contribution in [3.05, 3.63) is 41.5 Å². The number of benzene rings is 2. The van der Waals surface area contributed by atoms with Crippen LogP contribution in [-0.2, 0) is 6.42 Å². The summed E-state index contributed by atoms with van der Waals surface area (Å²) in [5.41, 5.74) is 1.10. The van der Waals surface area contributed by atoms with E-state index in [1.807, 2.05) is 0 Å². The van der Waals surface area contributed by atoms with Crippen molar-refractivity contribution in [1.82, 2.24) is 0 Å². The van der Waals surface area contributed by atoms with Crippen LogP contribution >= 0.6 is 0 Å². The molecule has 0 saturated heterocycles. The van der Waals surface area contributed by atoms with Crippen LogP contribution < -0.4 is 14.2 Å². The molecule has 2 unspecified atom stereocenters. The monoisotopic (exact) mass is 394 g/mol. The molecule has 0 aliphatic carbocycles. The van der Waals surface area contributed by atoms with Gasteiger partial charge in [-0.15, -0.1) is 0 Å². The fraction of sp³-hybridized carbons (Fsp3) is 0.400. The van der Waals surface area contributed by atoms with Gasteiger partial charge in [0.05, 0.1) is 20.8 Å². The zero-order valence-corrected chi connectivity index (χ0v) is 15.8. The highest BCUT2D eigenvalue weighted by molar-refractivity contribution is 5.53. The Labute approximate surface area is 163 Å². The van der Waals surface area contributed by atoms with Crippen LogP contribution in [0.3, 0.4) is 0 Å². The van der Waals surface area contributed by atoms with Gasteiger partial charge in [0.25, 0.3) is 0 Å². The molecule has 0 fully saturated rings. The van der Waals surface area contributed by atoms with Crippen molar-refractivity contribution in [3.63, 3.8) is 0 Å². The Kier molecular flexibility index (Phi) is 7.74. The molecule has 0 heterocycles. The number of hydrogen-bond donors (Lipinski definition) is 5. The highest BCUT2D eigenvalue weighted by Crippen LogP contribution is 2.40. The minimum absolute atomic E-state index is 0.0147. The van der Waals surface area contributed by atoms with Crippen molar-refractivity contribution >= 4 is 0 Å². The summed E-state index contributed by atoms with van der Waals surface area (Å²) in [6.45, 7) is -0.518. The number of aryl methyl sites for hydroxylation is 1. The lowest BCUT2D eigenvalue weighted by molar-refractivity contribution is -0.00173. The number of aromatic hydroxyl groups is 2. The molecule has 0 radical (unpaired) electrons. The Morgan fingerprint density at radius 1 is 0.929 bits per heavy atom. The van der Waals surface area contributed by atoms with Gasteiger partial charge < -0.3 is 39.7 Å². The van der Waals surface area contributed by atoms with Gasteiger partial charge in [-0.2, -0.15) is 0 Å². The second-order valence-corrected chi connectivity index (χ2v) is 6.19. The topological polar surface area (TPSA) is 129 Å². The van der Waals surface area contributed by atoms with Crippen LogP contribution in [0.2, 0.25) is 0 Å². The maximum atomic E-state index is 10.6. The summed E-state index contributed by atoms with van der Waals surface area (Å²) in [5, 5.41) is 49.3. The zero-order chi connectivity index (χ0) is 20.7. The van der Waals surface area contributed by atoms with E-state index in [0.29, 0.717) is 18.4 Å². The van der Waals surface area contributed by atoms with Crippen molar-refractivity contribution in [1.29, 1.82) is 0 Å². The largest absolute Gasteiger partial charge is 0.504 e. The van der Waals surface area contributed by atoms with Crippen LogP contribution in [0, 0.1) is 0 Å². The van der Waals surface area contributed by atoms with Crippen molar-refractivity contribution < 1.29 is 39.7 Å². The molecule has 8 nitrogen and oxygen atoms in total. The van der Waals surface area contributed by atoms with Gasteiger partial charge in [-0.25, -0.2) is 0 Å². The molecule has 0 amide bonds. The van der Waals surface area contributed by atoms with Crippen molar-refractivity contribution in [3.8, 4) is 28.7 Å². The van der Waals surface area contributed by atoms with Crippen LogP contribution in [0.4, 0.5) is 0 Å². The quantitative estimate of drug-likeness (QED) is 0.410. The molecule has 0 aromatic heterocycles. The molecule has 0 bridgehead atoms. The predicted molar refractivity (Wildman–Crippen MR) is 101 cm³/mol. The third kappa shape index (κ3) is 4.98. The lowest BCUT2D eigenvalue weighted by atomic mass is 10.0. The van der Waals surface area contributed by atoms with E-state index in [1.165, 1.54) is 38.5 Å². The van der Waals surface area contributed by atoms with Gasteiger partial charge in [0, 0.05) is 6.61 Å². The van der Waals surface area contributed by atoms with Crippen molar-refractivity contribution in [2.45, 2.75) is 25.0 Å². The number of ether oxygens (including phenoxy) is 3. The summed E-state index contributed by atoms with van der Waals surface area (Å²) in [6, 6.07) is 7.41. The van der Waals surface area contributed by atoms with Gasteiger partial charge >= 0.3 is 0 Å². The van der Waals surface area contributed by atoms with Gasteiger partial charge in [-0.3, -0.25) is 0 Å². The van der Waals surface area contributed by atoms with Crippen LogP contribution in [0.15, 0.2) is 30.3 Å². The van der Waals surface area contributed by atoms with Gasteiger partial charge in [0.1, 0.15) is 6.10 Å². The molecule has 8 heteroatoms. The van der Waals surface area contributed by atoms with Crippen LogP contribution in [0.25, 0.3) is 0 Å². The molecule has 5 N–H and O–H groups in total. The maximum absolute atomic E-state index is 10.6. The molecular weight excluding hydrogens is 368 g/mol. The standard InChI is InChI=1S/C20H26O8/c1-26-16-10-13(5-6-14(16)23)19(25)18(11-22)28-20-15(24)8-12(4-3-7-21)9-17(20)27-2/h5-6,8-10,18-19,21-25H,3-4,7,11H2,1-2H3. The number of phenols is 2. The summed E-state index contributed by atoms with van der Waals surface area (Å²) in [7, 11) is 2.79. The average molecular weight is 394 g/mol. The molecule has 2 atom stereocenters. The van der Waals surface area contributed by atoms with E-state index in [2.05, 4.69) is 0 Å². The summed E-state index contributed by atoms with van der Waals surface area (Å²) in [5.74, 6) is 0.0989. The number of rotatable bonds is 10. The van der Waals surface area contributed by atoms with E-state index in [4.69, 9.17) is 19.3 Å². The second-order valence-electron chi connectivity index (χ2n) is 6.19. The third-order valence-electron chi connectivity index (χ3n) is 4.29. The average Bonchev–Trinajstić information content (AvgIpc) is 2.71. The SMILES string of the molecule is COc1cc(C(O)C(CO)Oc2c(O)cc(CCCO)cc2OC)ccc1O. The van der Waals surface area contributed by atoms with E-state index in [-0.39, 0.29) is 35.4 Å². The molecule has 0 aliphatic rings. The number of phenolic OH excluding ortho intramolecular Hbond substituents is 2. The minimum Gasteiger partial charge on any atom is -0.504 e. The summed E-state index contributed by atoms with van der Waals surface area (Å²) in [6.07, 6.45) is -1.31. The normalized spacial score (nSPS) is 13.0. The molecule has 28 heavy (non-hydrogen) atoms. The van der Waals surface area contributed by atoms with Gasteiger partial charge in [0.15, 0.2) is 29.1 Å². The smallest absolute Gasteiger partial charge is 0.203 e. The van der Waals surface area contributed by atoms with E-state index in [0.717, 1.165) is 5.56 Å². The Balaban J connectivity index is 2.28. The first kappa shape index (κ1) is 21.6. The van der Waals surface area contributed by atoms with Crippen LogP contribution in [0.5, 0.6) is 28.7 Å². The predicted octanol–water partition coefficient (Wildman–Crippen LogP) is 1.51.